The molecule has 2 N–H and O–H groups in total. The molecule has 0 aliphatic carbocycles. The van der Waals surface area contributed by atoms with E-state index in [4.69, 9.17) is 9.47 Å². The standard InChI is InChI=1S/C22H20FN3O4S/c1-29-16-9-5-7-13(19(16)30-2)14-10-17(27)24-20-18(14)21(28)26-22(25-20)31-11-12-6-3-4-8-15(12)23/h3-9,14H,10-11H2,1-2H3,(H2,24,25,26,27,28)/t14-/m0/s1. The predicted octanol–water partition coefficient (Wildman–Crippen LogP) is 3.69. The van der Waals surface area contributed by atoms with Crippen molar-refractivity contribution in [1.29, 1.82) is 0 Å². The lowest BCUT2D eigenvalue weighted by Crippen LogP contribution is -2.31. The maximum Gasteiger partial charge on any atom is 0.257 e. The largest absolute Gasteiger partial charge is 0.493 e. The first kappa shape index (κ1) is 20.9. The molecule has 160 valence electrons. The molecule has 9 heteroatoms. The predicted molar refractivity (Wildman–Crippen MR) is 115 cm³/mol. The summed E-state index contributed by atoms with van der Waals surface area (Å²) in [6.07, 6.45) is 0.0724. The molecule has 1 amide bonds. The Labute approximate surface area is 182 Å². The second-order valence-electron chi connectivity index (χ2n) is 6.90. The van der Waals surface area contributed by atoms with Gasteiger partial charge in [-0.05, 0) is 17.7 Å². The highest BCUT2D eigenvalue weighted by Gasteiger charge is 2.33. The first-order valence-electron chi connectivity index (χ1n) is 9.53. The van der Waals surface area contributed by atoms with Crippen LogP contribution in [-0.2, 0) is 10.5 Å². The number of carbonyl (C=O) groups is 1. The highest BCUT2D eigenvalue weighted by Crippen LogP contribution is 2.42. The molecule has 0 saturated carbocycles. The van der Waals surface area contributed by atoms with Gasteiger partial charge >= 0.3 is 0 Å². The molecule has 7 nitrogen and oxygen atoms in total. The van der Waals surface area contributed by atoms with Gasteiger partial charge in [-0.15, -0.1) is 0 Å². The number of aromatic amines is 1. The smallest absolute Gasteiger partial charge is 0.257 e. The van der Waals surface area contributed by atoms with Crippen molar-refractivity contribution in [1.82, 2.24) is 9.97 Å². The van der Waals surface area contributed by atoms with E-state index in [0.29, 0.717) is 33.3 Å². The number of nitrogens with one attached hydrogen (secondary N) is 2. The minimum atomic E-state index is -0.546. The van der Waals surface area contributed by atoms with Gasteiger partial charge in [0.05, 0.1) is 19.8 Å². The Balaban J connectivity index is 1.71. The van der Waals surface area contributed by atoms with Crippen molar-refractivity contribution in [3.05, 3.63) is 75.3 Å². The van der Waals surface area contributed by atoms with Crippen molar-refractivity contribution in [3.63, 3.8) is 0 Å². The molecular weight excluding hydrogens is 421 g/mol. The summed E-state index contributed by atoms with van der Waals surface area (Å²) in [5.41, 5.74) is 1.14. The van der Waals surface area contributed by atoms with Crippen LogP contribution in [0, 0.1) is 5.82 Å². The van der Waals surface area contributed by atoms with E-state index in [0.717, 1.165) is 0 Å². The Hall–Kier alpha value is -3.33. The number of hydrogen-bond donors (Lipinski definition) is 2. The molecule has 0 unspecified atom stereocenters. The maximum absolute atomic E-state index is 13.9. The third-order valence-electron chi connectivity index (χ3n) is 5.06. The van der Waals surface area contributed by atoms with Crippen molar-refractivity contribution in [2.75, 3.05) is 19.5 Å². The van der Waals surface area contributed by atoms with Crippen LogP contribution < -0.4 is 20.3 Å². The molecule has 0 fully saturated rings. The van der Waals surface area contributed by atoms with E-state index >= 15 is 0 Å². The number of halogens is 1. The SMILES string of the molecule is COc1cccc([C@@H]2CC(=O)Nc3nc(SCc4ccccc4F)[nH]c(=O)c32)c1OC. The van der Waals surface area contributed by atoms with Crippen LogP contribution >= 0.6 is 11.8 Å². The fourth-order valence-electron chi connectivity index (χ4n) is 3.63. The summed E-state index contributed by atoms with van der Waals surface area (Å²) in [6.45, 7) is 0. The van der Waals surface area contributed by atoms with Gasteiger partial charge < -0.3 is 19.8 Å². The van der Waals surface area contributed by atoms with Gasteiger partial charge in [-0.25, -0.2) is 9.37 Å². The Morgan fingerprint density at radius 3 is 2.68 bits per heavy atom. The summed E-state index contributed by atoms with van der Waals surface area (Å²) >= 11 is 1.18. The van der Waals surface area contributed by atoms with E-state index in [2.05, 4.69) is 15.3 Å². The number of hydrogen-bond acceptors (Lipinski definition) is 6. The van der Waals surface area contributed by atoms with E-state index in [1.807, 2.05) is 0 Å². The maximum atomic E-state index is 13.9. The first-order chi connectivity index (χ1) is 15.0. The zero-order chi connectivity index (χ0) is 22.0. The minimum absolute atomic E-state index is 0.0724. The first-order valence-corrected chi connectivity index (χ1v) is 10.5. The monoisotopic (exact) mass is 441 g/mol. The molecule has 0 spiro atoms. The Morgan fingerprint density at radius 1 is 1.13 bits per heavy atom. The molecule has 1 aliphatic heterocycles. The number of fused-ring (bicyclic) bond motifs is 1. The van der Waals surface area contributed by atoms with Gasteiger partial charge in [-0.3, -0.25) is 9.59 Å². The number of rotatable bonds is 6. The van der Waals surface area contributed by atoms with E-state index in [-0.39, 0.29) is 35.3 Å². The third kappa shape index (κ3) is 4.13. The molecule has 4 rings (SSSR count). The number of methoxy groups -OCH3 is 2. The number of para-hydroxylation sites is 1. The highest BCUT2D eigenvalue weighted by atomic mass is 32.2. The zero-order valence-electron chi connectivity index (χ0n) is 16.9. The number of nitrogens with zero attached hydrogens (tertiary/aromatic N) is 1. The van der Waals surface area contributed by atoms with E-state index in [9.17, 15) is 14.0 Å². The van der Waals surface area contributed by atoms with Gasteiger partial charge in [0.1, 0.15) is 11.6 Å². The number of carbonyl (C=O) groups excluding carboxylic acids is 1. The molecule has 0 saturated heterocycles. The molecule has 0 bridgehead atoms. The van der Waals surface area contributed by atoms with Crippen molar-refractivity contribution in [3.8, 4) is 11.5 Å². The second-order valence-corrected chi connectivity index (χ2v) is 7.87. The molecule has 1 aliphatic rings. The van der Waals surface area contributed by atoms with Crippen LogP contribution in [0.1, 0.15) is 29.0 Å². The summed E-state index contributed by atoms with van der Waals surface area (Å²) in [4.78, 5) is 32.6. The summed E-state index contributed by atoms with van der Waals surface area (Å²) < 4.78 is 24.7. The number of benzene rings is 2. The fourth-order valence-corrected chi connectivity index (χ4v) is 4.48. The van der Waals surface area contributed by atoms with Crippen LogP contribution in [-0.4, -0.2) is 30.1 Å². The summed E-state index contributed by atoms with van der Waals surface area (Å²) in [6, 6.07) is 11.7. The molecule has 1 atom stereocenters. The number of anilines is 1. The summed E-state index contributed by atoms with van der Waals surface area (Å²) in [5, 5.41) is 2.98. The number of amides is 1. The number of thioether (sulfide) groups is 1. The Morgan fingerprint density at radius 2 is 1.94 bits per heavy atom. The minimum Gasteiger partial charge on any atom is -0.493 e. The summed E-state index contributed by atoms with van der Waals surface area (Å²) in [5.74, 6) is 0.332. The number of aromatic nitrogens is 2. The quantitative estimate of drug-likeness (QED) is 0.448. The lowest BCUT2D eigenvalue weighted by Gasteiger charge is -2.26. The normalized spacial score (nSPS) is 15.2. The fraction of sp³-hybridized carbons (Fsp3) is 0.227. The average molecular weight is 441 g/mol. The molecule has 31 heavy (non-hydrogen) atoms. The van der Waals surface area contributed by atoms with Gasteiger partial charge in [-0.1, -0.05) is 42.1 Å². The van der Waals surface area contributed by atoms with Crippen LogP contribution in [0.25, 0.3) is 0 Å². The lowest BCUT2D eigenvalue weighted by molar-refractivity contribution is -0.116. The lowest BCUT2D eigenvalue weighted by atomic mass is 9.86. The van der Waals surface area contributed by atoms with E-state index in [1.54, 1.807) is 36.4 Å². The van der Waals surface area contributed by atoms with Crippen molar-refractivity contribution >= 4 is 23.5 Å². The van der Waals surface area contributed by atoms with Gasteiger partial charge in [-0.2, -0.15) is 0 Å². The summed E-state index contributed by atoms with van der Waals surface area (Å²) in [7, 11) is 3.03. The Bertz CT molecular complexity index is 1200. The Kier molecular flexibility index (Phi) is 5.94. The molecule has 2 heterocycles. The van der Waals surface area contributed by atoms with Crippen molar-refractivity contribution < 1.29 is 18.7 Å². The van der Waals surface area contributed by atoms with Gasteiger partial charge in [0, 0.05) is 23.7 Å². The van der Waals surface area contributed by atoms with Crippen LogP contribution in [0.3, 0.4) is 0 Å². The van der Waals surface area contributed by atoms with Crippen LogP contribution in [0.15, 0.2) is 52.4 Å². The number of H-pyrrole nitrogens is 1. The van der Waals surface area contributed by atoms with E-state index < -0.39 is 5.92 Å². The topological polar surface area (TPSA) is 93.3 Å². The molecule has 1 aromatic heterocycles. The average Bonchev–Trinajstić information content (AvgIpc) is 2.77. The van der Waals surface area contributed by atoms with Crippen molar-refractivity contribution in [2.45, 2.75) is 23.2 Å². The molecular formula is C22H20FN3O4S. The van der Waals surface area contributed by atoms with Crippen LogP contribution in [0.5, 0.6) is 11.5 Å². The van der Waals surface area contributed by atoms with Gasteiger partial charge in [0.2, 0.25) is 5.91 Å². The van der Waals surface area contributed by atoms with Gasteiger partial charge in [0.15, 0.2) is 16.7 Å². The highest BCUT2D eigenvalue weighted by molar-refractivity contribution is 7.98. The molecule has 0 radical (unpaired) electrons. The van der Waals surface area contributed by atoms with Crippen LogP contribution in [0.4, 0.5) is 10.2 Å². The third-order valence-corrected chi connectivity index (χ3v) is 5.98. The van der Waals surface area contributed by atoms with E-state index in [1.165, 1.54) is 32.0 Å². The van der Waals surface area contributed by atoms with Crippen molar-refractivity contribution in [2.24, 2.45) is 0 Å². The number of ether oxygens (including phenoxy) is 2. The van der Waals surface area contributed by atoms with Gasteiger partial charge in [0.25, 0.3) is 5.56 Å². The zero-order valence-corrected chi connectivity index (χ0v) is 17.7. The molecule has 3 aromatic rings. The second kappa shape index (κ2) is 8.81. The van der Waals surface area contributed by atoms with Crippen LogP contribution in [0.2, 0.25) is 0 Å². The molecule has 2 aromatic carbocycles.